The van der Waals surface area contributed by atoms with E-state index in [9.17, 15) is 4.79 Å². The molecule has 1 aromatic carbocycles. The maximum absolute atomic E-state index is 12.8. The van der Waals surface area contributed by atoms with Crippen molar-refractivity contribution in [3.8, 4) is 0 Å². The predicted octanol–water partition coefficient (Wildman–Crippen LogP) is 2.84. The average molecular weight is 291 g/mol. The Morgan fingerprint density at radius 3 is 2.43 bits per heavy atom. The molecule has 1 atom stereocenters. The standard InChI is InChI=1S/C17H29N3O/c1-7-18-15-9-10-16(13(3)11-15)17(21)20(8-2)14(4)12-19(5)6/h9-11,14,18H,7-8,12H2,1-6H3. The summed E-state index contributed by atoms with van der Waals surface area (Å²) in [5.74, 6) is 0.118. The first kappa shape index (κ1) is 17.5. The van der Waals surface area contributed by atoms with Crippen LogP contribution in [0.3, 0.4) is 0 Å². The fourth-order valence-corrected chi connectivity index (χ4v) is 2.65. The first-order valence-electron chi connectivity index (χ1n) is 7.70. The minimum Gasteiger partial charge on any atom is -0.385 e. The van der Waals surface area contributed by atoms with Crippen molar-refractivity contribution in [2.24, 2.45) is 0 Å². The number of amides is 1. The van der Waals surface area contributed by atoms with Crippen molar-refractivity contribution in [3.63, 3.8) is 0 Å². The van der Waals surface area contributed by atoms with E-state index < -0.39 is 0 Å². The third-order valence-corrected chi connectivity index (χ3v) is 3.60. The van der Waals surface area contributed by atoms with E-state index in [-0.39, 0.29) is 11.9 Å². The molecule has 1 amide bonds. The van der Waals surface area contributed by atoms with E-state index in [4.69, 9.17) is 0 Å². The van der Waals surface area contributed by atoms with Crippen LogP contribution in [0.5, 0.6) is 0 Å². The van der Waals surface area contributed by atoms with E-state index in [1.165, 1.54) is 0 Å². The number of aryl methyl sites for hydroxylation is 1. The largest absolute Gasteiger partial charge is 0.385 e. The number of rotatable bonds is 7. The zero-order valence-electron chi connectivity index (χ0n) is 14.2. The molecule has 0 heterocycles. The van der Waals surface area contributed by atoms with Gasteiger partial charge in [-0.2, -0.15) is 0 Å². The van der Waals surface area contributed by atoms with Gasteiger partial charge in [-0.25, -0.2) is 0 Å². The Bertz CT molecular complexity index is 471. The van der Waals surface area contributed by atoms with Crippen molar-refractivity contribution in [3.05, 3.63) is 29.3 Å². The molecular formula is C17H29N3O. The Kier molecular flexibility index (Phi) is 6.69. The minimum atomic E-state index is 0.118. The van der Waals surface area contributed by atoms with Crippen molar-refractivity contribution in [2.45, 2.75) is 33.7 Å². The maximum atomic E-state index is 12.8. The number of nitrogens with one attached hydrogen (secondary N) is 1. The maximum Gasteiger partial charge on any atom is 0.254 e. The van der Waals surface area contributed by atoms with Gasteiger partial charge in [-0.05, 0) is 65.6 Å². The van der Waals surface area contributed by atoms with Crippen LogP contribution < -0.4 is 5.32 Å². The third kappa shape index (κ3) is 4.74. The Labute approximate surface area is 129 Å². The van der Waals surface area contributed by atoms with Gasteiger partial charge >= 0.3 is 0 Å². The van der Waals surface area contributed by atoms with Gasteiger partial charge in [0.2, 0.25) is 0 Å². The first-order chi connectivity index (χ1) is 9.90. The Morgan fingerprint density at radius 1 is 1.29 bits per heavy atom. The van der Waals surface area contributed by atoms with Gasteiger partial charge in [0, 0.05) is 36.9 Å². The molecule has 0 aliphatic rings. The zero-order valence-corrected chi connectivity index (χ0v) is 14.2. The van der Waals surface area contributed by atoms with Gasteiger partial charge in [-0.3, -0.25) is 4.79 Å². The lowest BCUT2D eigenvalue weighted by Crippen LogP contribution is -2.43. The molecule has 0 aromatic heterocycles. The summed E-state index contributed by atoms with van der Waals surface area (Å²) in [6, 6.07) is 6.15. The predicted molar refractivity (Wildman–Crippen MR) is 90.1 cm³/mol. The number of nitrogens with zero attached hydrogens (tertiary/aromatic N) is 2. The van der Waals surface area contributed by atoms with Crippen LogP contribution in [0.4, 0.5) is 5.69 Å². The number of carbonyl (C=O) groups excluding carboxylic acids is 1. The molecule has 1 aromatic rings. The van der Waals surface area contributed by atoms with Gasteiger partial charge in [0.25, 0.3) is 5.91 Å². The van der Waals surface area contributed by atoms with Crippen molar-refractivity contribution in [1.82, 2.24) is 9.80 Å². The second-order valence-electron chi connectivity index (χ2n) is 5.76. The molecule has 0 saturated carbocycles. The Balaban J connectivity index is 2.94. The zero-order chi connectivity index (χ0) is 16.0. The molecule has 4 nitrogen and oxygen atoms in total. The highest BCUT2D eigenvalue weighted by molar-refractivity contribution is 5.96. The summed E-state index contributed by atoms with van der Waals surface area (Å²) in [5, 5.41) is 3.27. The highest BCUT2D eigenvalue weighted by atomic mass is 16.2. The van der Waals surface area contributed by atoms with E-state index in [0.29, 0.717) is 0 Å². The molecule has 0 spiro atoms. The molecule has 1 unspecified atom stereocenters. The molecule has 118 valence electrons. The molecule has 1 N–H and O–H groups in total. The number of anilines is 1. The number of hydrogen-bond acceptors (Lipinski definition) is 3. The number of likely N-dealkylation sites (N-methyl/N-ethyl adjacent to an activating group) is 2. The summed E-state index contributed by atoms with van der Waals surface area (Å²) < 4.78 is 0. The fraction of sp³-hybridized carbons (Fsp3) is 0.588. The van der Waals surface area contributed by atoms with Crippen LogP contribution in [0.15, 0.2) is 18.2 Å². The number of carbonyl (C=O) groups is 1. The van der Waals surface area contributed by atoms with Gasteiger partial charge in [-0.1, -0.05) is 0 Å². The third-order valence-electron chi connectivity index (χ3n) is 3.60. The van der Waals surface area contributed by atoms with Gasteiger partial charge in [0.15, 0.2) is 0 Å². The highest BCUT2D eigenvalue weighted by Crippen LogP contribution is 2.18. The lowest BCUT2D eigenvalue weighted by Gasteiger charge is -2.30. The summed E-state index contributed by atoms with van der Waals surface area (Å²) in [4.78, 5) is 16.8. The average Bonchev–Trinajstić information content (AvgIpc) is 2.38. The van der Waals surface area contributed by atoms with Gasteiger partial charge in [0.05, 0.1) is 0 Å². The number of hydrogen-bond donors (Lipinski definition) is 1. The lowest BCUT2D eigenvalue weighted by molar-refractivity contribution is 0.0678. The van der Waals surface area contributed by atoms with Crippen molar-refractivity contribution in [2.75, 3.05) is 39.0 Å². The molecule has 0 aliphatic heterocycles. The van der Waals surface area contributed by atoms with E-state index in [2.05, 4.69) is 24.1 Å². The normalized spacial score (nSPS) is 12.3. The van der Waals surface area contributed by atoms with Crippen LogP contribution in [-0.4, -0.2) is 55.5 Å². The van der Waals surface area contributed by atoms with Crippen LogP contribution >= 0.6 is 0 Å². The quantitative estimate of drug-likeness (QED) is 0.839. The molecule has 0 saturated heterocycles. The first-order valence-corrected chi connectivity index (χ1v) is 7.70. The second kappa shape index (κ2) is 8.03. The summed E-state index contributed by atoms with van der Waals surface area (Å²) >= 11 is 0. The monoisotopic (exact) mass is 291 g/mol. The topological polar surface area (TPSA) is 35.6 Å². The van der Waals surface area contributed by atoms with Crippen LogP contribution in [0.1, 0.15) is 36.7 Å². The molecule has 21 heavy (non-hydrogen) atoms. The van der Waals surface area contributed by atoms with Crippen LogP contribution in [0, 0.1) is 6.92 Å². The Hall–Kier alpha value is -1.55. The fourth-order valence-electron chi connectivity index (χ4n) is 2.65. The van der Waals surface area contributed by atoms with Crippen LogP contribution in [0.2, 0.25) is 0 Å². The van der Waals surface area contributed by atoms with Crippen LogP contribution in [-0.2, 0) is 0 Å². The van der Waals surface area contributed by atoms with Crippen molar-refractivity contribution in [1.29, 1.82) is 0 Å². The van der Waals surface area contributed by atoms with E-state index in [0.717, 1.165) is 36.4 Å². The Morgan fingerprint density at radius 2 is 1.95 bits per heavy atom. The van der Waals surface area contributed by atoms with Gasteiger partial charge < -0.3 is 15.1 Å². The van der Waals surface area contributed by atoms with E-state index in [1.54, 1.807) is 0 Å². The summed E-state index contributed by atoms with van der Waals surface area (Å²) in [6.07, 6.45) is 0. The van der Waals surface area contributed by atoms with Crippen molar-refractivity contribution >= 4 is 11.6 Å². The van der Waals surface area contributed by atoms with Crippen molar-refractivity contribution < 1.29 is 4.79 Å². The molecular weight excluding hydrogens is 262 g/mol. The molecule has 0 bridgehead atoms. The van der Waals surface area contributed by atoms with E-state index >= 15 is 0 Å². The molecule has 1 rings (SSSR count). The molecule has 0 aliphatic carbocycles. The lowest BCUT2D eigenvalue weighted by atomic mass is 10.1. The minimum absolute atomic E-state index is 0.118. The summed E-state index contributed by atoms with van der Waals surface area (Å²) in [5.41, 5.74) is 2.88. The smallest absolute Gasteiger partial charge is 0.254 e. The molecule has 0 radical (unpaired) electrons. The van der Waals surface area contributed by atoms with E-state index in [1.807, 2.05) is 51.0 Å². The molecule has 0 fully saturated rings. The van der Waals surface area contributed by atoms with Gasteiger partial charge in [0.1, 0.15) is 0 Å². The highest BCUT2D eigenvalue weighted by Gasteiger charge is 2.21. The SMILES string of the molecule is CCNc1ccc(C(=O)N(CC)C(C)CN(C)C)c(C)c1. The number of benzene rings is 1. The van der Waals surface area contributed by atoms with Crippen LogP contribution in [0.25, 0.3) is 0 Å². The molecule has 4 heteroatoms. The summed E-state index contributed by atoms with van der Waals surface area (Å²) in [6.45, 7) is 10.7. The van der Waals surface area contributed by atoms with Gasteiger partial charge in [-0.15, -0.1) is 0 Å². The summed E-state index contributed by atoms with van der Waals surface area (Å²) in [7, 11) is 4.07. The second-order valence-corrected chi connectivity index (χ2v) is 5.76.